The molecule has 0 unspecified atom stereocenters. The van der Waals surface area contributed by atoms with E-state index in [1.165, 1.54) is 26.2 Å². The summed E-state index contributed by atoms with van der Waals surface area (Å²) < 4.78 is 11.0. The van der Waals surface area contributed by atoms with Crippen LogP contribution in [0.15, 0.2) is 51.8 Å². The number of carboxylic acid groups (broad SMARTS) is 1. The Morgan fingerprint density at radius 3 is 2.62 bits per heavy atom. The molecular weight excluding hydrogens is 502 g/mol. The molecule has 2 aromatic carbocycles. The molecule has 2 amide bonds. The maximum absolute atomic E-state index is 12.6. The fourth-order valence-electron chi connectivity index (χ4n) is 2.92. The summed E-state index contributed by atoms with van der Waals surface area (Å²) in [6.45, 7) is 1.60. The largest absolute Gasteiger partial charge is 0.488 e. The minimum atomic E-state index is -1.01. The highest BCUT2D eigenvalue weighted by atomic mass is 79.9. The predicted octanol–water partition coefficient (Wildman–Crippen LogP) is 4.32. The summed E-state index contributed by atoms with van der Waals surface area (Å²) in [7, 11) is 1.19. The number of rotatable bonds is 7. The van der Waals surface area contributed by atoms with Gasteiger partial charge < -0.3 is 14.6 Å². The number of hydrogen-bond acceptors (Lipinski definition) is 7. The Hall–Kier alpha value is -3.11. The first-order valence-corrected chi connectivity index (χ1v) is 10.9. The maximum Gasteiger partial charge on any atom is 0.335 e. The monoisotopic (exact) mass is 519 g/mol. The van der Waals surface area contributed by atoms with E-state index in [9.17, 15) is 19.2 Å². The van der Waals surface area contributed by atoms with Crippen LogP contribution in [0.1, 0.15) is 28.4 Å². The van der Waals surface area contributed by atoms with E-state index in [2.05, 4.69) is 20.7 Å². The van der Waals surface area contributed by atoms with Crippen molar-refractivity contribution in [3.8, 4) is 5.75 Å². The topological polar surface area (TPSA) is 110 Å². The minimum absolute atomic E-state index is 0.170. The van der Waals surface area contributed by atoms with Gasteiger partial charge in [0.1, 0.15) is 18.4 Å². The highest BCUT2D eigenvalue weighted by Gasteiger charge is 2.41. The van der Waals surface area contributed by atoms with Crippen molar-refractivity contribution in [2.45, 2.75) is 19.6 Å². The van der Waals surface area contributed by atoms with Crippen molar-refractivity contribution in [2.24, 2.45) is 0 Å². The fourth-order valence-corrected chi connectivity index (χ4v) is 4.34. The van der Waals surface area contributed by atoms with E-state index in [4.69, 9.17) is 9.84 Å². The Balaban J connectivity index is 1.72. The van der Waals surface area contributed by atoms with E-state index in [0.29, 0.717) is 21.3 Å². The van der Waals surface area contributed by atoms with E-state index < -0.39 is 29.1 Å². The van der Waals surface area contributed by atoms with E-state index >= 15 is 0 Å². The number of ether oxygens (including phenoxy) is 2. The van der Waals surface area contributed by atoms with Crippen LogP contribution in [0.2, 0.25) is 0 Å². The summed E-state index contributed by atoms with van der Waals surface area (Å²) in [6, 6.07) is 10.6. The average Bonchev–Trinajstić information content (AvgIpc) is 3.04. The Kier molecular flexibility index (Phi) is 7.37. The van der Waals surface area contributed by atoms with Gasteiger partial charge in [-0.05, 0) is 76.1 Å². The summed E-state index contributed by atoms with van der Waals surface area (Å²) in [5.74, 6) is -1.72. The van der Waals surface area contributed by atoms with Crippen LogP contribution in [0.3, 0.4) is 0 Å². The normalized spacial score (nSPS) is 15.7. The van der Waals surface area contributed by atoms with Gasteiger partial charge in [-0.2, -0.15) is 0 Å². The lowest BCUT2D eigenvalue weighted by Gasteiger charge is -2.18. The molecule has 1 aliphatic rings. The van der Waals surface area contributed by atoms with Crippen molar-refractivity contribution in [2.75, 3.05) is 7.11 Å². The molecule has 0 radical (unpaired) electrons. The van der Waals surface area contributed by atoms with Crippen LogP contribution in [0.4, 0.5) is 4.79 Å². The molecule has 1 N–H and O–H groups in total. The quantitative estimate of drug-likeness (QED) is 0.425. The number of benzene rings is 2. The van der Waals surface area contributed by atoms with Gasteiger partial charge in [-0.3, -0.25) is 14.5 Å². The van der Waals surface area contributed by atoms with Crippen LogP contribution in [0.5, 0.6) is 5.75 Å². The van der Waals surface area contributed by atoms with Crippen LogP contribution in [-0.2, 0) is 20.9 Å². The highest BCUT2D eigenvalue weighted by Crippen LogP contribution is 2.35. The zero-order valence-corrected chi connectivity index (χ0v) is 19.4. The van der Waals surface area contributed by atoms with E-state index in [1.54, 1.807) is 36.4 Å². The zero-order chi connectivity index (χ0) is 23.4. The number of nitrogens with zero attached hydrogens (tertiary/aromatic N) is 1. The molecule has 32 heavy (non-hydrogen) atoms. The molecule has 0 aromatic heterocycles. The molecule has 1 aliphatic heterocycles. The lowest BCUT2D eigenvalue weighted by molar-refractivity contribution is -0.148. The van der Waals surface area contributed by atoms with Crippen molar-refractivity contribution in [3.05, 3.63) is 68.5 Å². The second-order valence-corrected chi connectivity index (χ2v) is 8.58. The smallest absolute Gasteiger partial charge is 0.335 e. The third-order valence-electron chi connectivity index (χ3n) is 4.58. The van der Waals surface area contributed by atoms with Gasteiger partial charge in [0.15, 0.2) is 0 Å². The Bertz CT molecular complexity index is 1130. The lowest BCUT2D eigenvalue weighted by Crippen LogP contribution is -2.42. The number of carbonyl (C=O) groups excluding carboxylic acids is 3. The molecular formula is C22H18BrNO7S. The molecule has 166 valence electrons. The molecule has 8 nitrogen and oxygen atoms in total. The number of carbonyl (C=O) groups is 4. The van der Waals surface area contributed by atoms with Gasteiger partial charge in [0.05, 0.1) is 22.1 Å². The van der Waals surface area contributed by atoms with Crippen LogP contribution < -0.4 is 4.74 Å². The average molecular weight is 520 g/mol. The van der Waals surface area contributed by atoms with E-state index in [-0.39, 0.29) is 17.1 Å². The summed E-state index contributed by atoms with van der Waals surface area (Å²) in [6.07, 6.45) is 1.56. The van der Waals surface area contributed by atoms with Crippen molar-refractivity contribution >= 4 is 56.9 Å². The molecule has 0 bridgehead atoms. The second-order valence-electron chi connectivity index (χ2n) is 6.73. The fraction of sp³-hybridized carbons (Fsp3) is 0.182. The van der Waals surface area contributed by atoms with Crippen molar-refractivity contribution in [1.82, 2.24) is 4.90 Å². The Morgan fingerprint density at radius 2 is 1.97 bits per heavy atom. The Morgan fingerprint density at radius 1 is 1.22 bits per heavy atom. The molecule has 1 saturated heterocycles. The highest BCUT2D eigenvalue weighted by molar-refractivity contribution is 9.10. The van der Waals surface area contributed by atoms with Crippen LogP contribution in [0, 0.1) is 0 Å². The van der Waals surface area contributed by atoms with E-state index in [1.807, 2.05) is 0 Å². The standard InChI is InChI=1S/C22H18BrNO7S/c1-12(21(28)30-2)24-19(25)18(32-22(24)29)10-13-6-7-17(16(23)9-13)31-11-14-4-3-5-15(8-14)20(26)27/h3-10,12H,11H2,1-2H3,(H,26,27)/b18-10+/t12-/m0/s1. The van der Waals surface area contributed by atoms with Crippen LogP contribution >= 0.6 is 27.7 Å². The first kappa shape index (κ1) is 23.6. The molecule has 1 heterocycles. The number of imide groups is 1. The number of carboxylic acids is 1. The zero-order valence-electron chi connectivity index (χ0n) is 17.0. The summed E-state index contributed by atoms with van der Waals surface area (Å²) in [5.41, 5.74) is 1.53. The first-order valence-electron chi connectivity index (χ1n) is 9.30. The van der Waals surface area contributed by atoms with Gasteiger partial charge in [-0.15, -0.1) is 0 Å². The lowest BCUT2D eigenvalue weighted by atomic mass is 10.1. The maximum atomic E-state index is 12.6. The van der Waals surface area contributed by atoms with Gasteiger partial charge in [-0.25, -0.2) is 9.59 Å². The molecule has 0 aliphatic carbocycles. The molecule has 0 spiro atoms. The third kappa shape index (κ3) is 5.20. The van der Waals surface area contributed by atoms with Crippen molar-refractivity contribution in [3.63, 3.8) is 0 Å². The number of aromatic carboxylic acids is 1. The molecule has 3 rings (SSSR count). The molecule has 10 heteroatoms. The molecule has 1 atom stereocenters. The third-order valence-corrected chi connectivity index (χ3v) is 6.08. The van der Waals surface area contributed by atoms with Crippen molar-refractivity contribution < 1.29 is 33.8 Å². The van der Waals surface area contributed by atoms with E-state index in [0.717, 1.165) is 16.7 Å². The minimum Gasteiger partial charge on any atom is -0.488 e. The van der Waals surface area contributed by atoms with Gasteiger partial charge in [0.25, 0.3) is 11.1 Å². The number of amides is 2. The van der Waals surface area contributed by atoms with Crippen molar-refractivity contribution in [1.29, 1.82) is 0 Å². The molecule has 2 aromatic rings. The van der Waals surface area contributed by atoms with Gasteiger partial charge in [0.2, 0.25) is 0 Å². The summed E-state index contributed by atoms with van der Waals surface area (Å²) in [5, 5.41) is 8.54. The van der Waals surface area contributed by atoms with Crippen LogP contribution in [-0.4, -0.2) is 46.2 Å². The second kappa shape index (κ2) is 10.0. The summed E-state index contributed by atoms with van der Waals surface area (Å²) >= 11 is 4.17. The number of methoxy groups -OCH3 is 1. The summed E-state index contributed by atoms with van der Waals surface area (Å²) in [4.78, 5) is 48.7. The Labute approximate surface area is 196 Å². The van der Waals surface area contributed by atoms with Gasteiger partial charge >= 0.3 is 11.9 Å². The molecule has 0 saturated carbocycles. The van der Waals surface area contributed by atoms with Gasteiger partial charge in [0, 0.05) is 0 Å². The molecule has 1 fully saturated rings. The number of halogens is 1. The number of thioether (sulfide) groups is 1. The van der Waals surface area contributed by atoms with Gasteiger partial charge in [-0.1, -0.05) is 18.2 Å². The first-order chi connectivity index (χ1) is 15.2. The number of hydrogen-bond donors (Lipinski definition) is 1. The predicted molar refractivity (Wildman–Crippen MR) is 121 cm³/mol. The SMILES string of the molecule is COC(=O)[C@H](C)N1C(=O)S/C(=C/c2ccc(OCc3cccc(C(=O)O)c3)c(Br)c2)C1=O. The number of esters is 1. The van der Waals surface area contributed by atoms with Crippen LogP contribution in [0.25, 0.3) is 6.08 Å².